The Morgan fingerprint density at radius 1 is 1.00 bits per heavy atom. The molecule has 1 heterocycles. The van der Waals surface area contributed by atoms with E-state index < -0.39 is 24.1 Å². The maximum Gasteiger partial charge on any atom is 0.335 e. The van der Waals surface area contributed by atoms with E-state index in [-0.39, 0.29) is 12.5 Å². The number of hydrogen-bond donors (Lipinski definition) is 4. The third kappa shape index (κ3) is 4.75. The number of rotatable bonds is 3. The van der Waals surface area contributed by atoms with Gasteiger partial charge in [-0.2, -0.15) is 0 Å². The Labute approximate surface area is 117 Å². The van der Waals surface area contributed by atoms with Crippen molar-refractivity contribution in [1.29, 1.82) is 0 Å². The van der Waals surface area contributed by atoms with Crippen LogP contribution < -0.4 is 10.7 Å². The van der Waals surface area contributed by atoms with Gasteiger partial charge in [-0.25, -0.2) is 14.6 Å². The average molecular weight is 296 g/mol. The van der Waals surface area contributed by atoms with Crippen LogP contribution in [0.3, 0.4) is 0 Å². The number of benzene rings is 1. The van der Waals surface area contributed by atoms with Crippen LogP contribution in [0.25, 0.3) is 0 Å². The summed E-state index contributed by atoms with van der Waals surface area (Å²) in [5, 5.41) is 34.0. The van der Waals surface area contributed by atoms with Crippen LogP contribution in [-0.4, -0.2) is 57.0 Å². The summed E-state index contributed by atoms with van der Waals surface area (Å²) < 4.78 is 0. The Hall–Kier alpha value is -2.65. The number of carbonyl (C=O) groups is 3. The van der Waals surface area contributed by atoms with Gasteiger partial charge in [-0.1, -0.05) is 12.1 Å². The van der Waals surface area contributed by atoms with Crippen LogP contribution in [0.5, 0.6) is 0 Å². The zero-order valence-corrected chi connectivity index (χ0v) is 10.6. The molecule has 1 aromatic rings. The number of carbonyl (C=O) groups excluding carboxylic acids is 1. The molecule has 0 aliphatic carbocycles. The number of aliphatic carboxylic acids is 2. The molecule has 1 amide bonds. The Balaban J connectivity index is 0.000000212. The van der Waals surface area contributed by atoms with E-state index in [0.717, 1.165) is 5.36 Å². The lowest BCUT2D eigenvalue weighted by molar-refractivity contribution is -0.165. The van der Waals surface area contributed by atoms with Crippen molar-refractivity contribution in [3.63, 3.8) is 0 Å². The summed E-state index contributed by atoms with van der Waals surface area (Å²) in [4.78, 5) is 38.2. The number of carboxylic acids is 2. The van der Waals surface area contributed by atoms with Gasteiger partial charge in [0.15, 0.2) is 12.2 Å². The first-order chi connectivity index (χ1) is 9.82. The zero-order valence-electron chi connectivity index (χ0n) is 10.6. The molecule has 0 radical (unpaired) electrons. The second-order valence-corrected chi connectivity index (χ2v) is 3.88. The fourth-order valence-electron chi connectivity index (χ4n) is 1.29. The molecule has 1 aliphatic rings. The Bertz CT molecular complexity index is 652. The number of hydrogen-bond acceptors (Lipinski definition) is 6. The highest BCUT2D eigenvalue weighted by Crippen LogP contribution is 1.92. The molecular formula is C12H12N2O7. The van der Waals surface area contributed by atoms with Gasteiger partial charge in [-0.15, -0.1) is 0 Å². The molecular weight excluding hydrogens is 284 g/mol. The van der Waals surface area contributed by atoms with E-state index in [2.05, 4.69) is 9.98 Å². The lowest BCUT2D eigenvalue weighted by Gasteiger charge is -2.07. The number of fused-ring (bicyclic) bond motifs is 1. The largest absolute Gasteiger partial charge is 0.479 e. The van der Waals surface area contributed by atoms with Crippen LogP contribution in [0.4, 0.5) is 0 Å². The molecule has 2 atom stereocenters. The van der Waals surface area contributed by atoms with E-state index in [1.165, 1.54) is 0 Å². The van der Waals surface area contributed by atoms with Crippen molar-refractivity contribution in [2.75, 3.05) is 6.54 Å². The molecule has 0 unspecified atom stereocenters. The molecule has 0 fully saturated rings. The van der Waals surface area contributed by atoms with Crippen LogP contribution in [0.1, 0.15) is 0 Å². The van der Waals surface area contributed by atoms with Crippen LogP contribution in [0, 0.1) is 0 Å². The van der Waals surface area contributed by atoms with Crippen molar-refractivity contribution in [2.24, 2.45) is 9.98 Å². The molecule has 1 aliphatic heterocycles. The number of nitrogens with zero attached hydrogens (tertiary/aromatic N) is 2. The molecule has 9 heteroatoms. The Morgan fingerprint density at radius 2 is 1.48 bits per heavy atom. The summed E-state index contributed by atoms with van der Waals surface area (Å²) in [6, 6.07) is 7.37. The molecule has 112 valence electrons. The van der Waals surface area contributed by atoms with Gasteiger partial charge in [0, 0.05) is 0 Å². The highest BCUT2D eigenvalue weighted by Gasteiger charge is 2.29. The van der Waals surface area contributed by atoms with Gasteiger partial charge in [0.05, 0.1) is 10.7 Å². The minimum atomic E-state index is -2.27. The molecule has 0 saturated heterocycles. The van der Waals surface area contributed by atoms with Crippen molar-refractivity contribution in [1.82, 2.24) is 0 Å². The molecule has 2 rings (SSSR count). The van der Waals surface area contributed by atoms with Gasteiger partial charge in [0.1, 0.15) is 6.54 Å². The lowest BCUT2D eigenvalue weighted by Crippen LogP contribution is -2.39. The number of carboxylic acid groups (broad SMARTS) is 2. The summed E-state index contributed by atoms with van der Waals surface area (Å²) in [6.07, 6.45) is -4.53. The SMILES string of the molecule is O=C(O)[C@H](O)[C@@H](O)C(=O)O.O=C1CN=c2ccccc2=N1. The quantitative estimate of drug-likeness (QED) is 0.474. The average Bonchev–Trinajstić information content (AvgIpc) is 2.46. The summed E-state index contributed by atoms with van der Waals surface area (Å²) in [5.74, 6) is -3.70. The van der Waals surface area contributed by atoms with E-state index in [1.807, 2.05) is 18.2 Å². The van der Waals surface area contributed by atoms with Crippen LogP contribution >= 0.6 is 0 Å². The molecule has 4 N–H and O–H groups in total. The zero-order chi connectivity index (χ0) is 16.0. The van der Waals surface area contributed by atoms with E-state index in [9.17, 15) is 14.4 Å². The molecule has 0 aromatic heterocycles. The normalized spacial score (nSPS) is 15.2. The van der Waals surface area contributed by atoms with Crippen LogP contribution in [0.2, 0.25) is 0 Å². The number of para-hydroxylation sites is 2. The summed E-state index contributed by atoms with van der Waals surface area (Å²) in [5.41, 5.74) is 0. The monoisotopic (exact) mass is 296 g/mol. The first-order valence-electron chi connectivity index (χ1n) is 5.65. The first-order valence-corrected chi connectivity index (χ1v) is 5.65. The van der Waals surface area contributed by atoms with Gasteiger partial charge in [0.2, 0.25) is 0 Å². The van der Waals surface area contributed by atoms with E-state index >= 15 is 0 Å². The van der Waals surface area contributed by atoms with Crippen molar-refractivity contribution >= 4 is 17.8 Å². The minimum Gasteiger partial charge on any atom is -0.479 e. The molecule has 0 spiro atoms. The van der Waals surface area contributed by atoms with Gasteiger partial charge in [-0.3, -0.25) is 9.79 Å². The number of aliphatic hydroxyl groups is 2. The summed E-state index contributed by atoms with van der Waals surface area (Å²) in [6.45, 7) is 0.191. The lowest BCUT2D eigenvalue weighted by atomic mass is 10.2. The molecule has 0 saturated carbocycles. The van der Waals surface area contributed by atoms with Gasteiger partial charge < -0.3 is 20.4 Å². The minimum absolute atomic E-state index is 0.163. The number of aliphatic hydroxyl groups excluding tert-OH is 2. The topological polar surface area (TPSA) is 157 Å². The summed E-state index contributed by atoms with van der Waals surface area (Å²) in [7, 11) is 0. The first kappa shape index (κ1) is 16.4. The highest BCUT2D eigenvalue weighted by atomic mass is 16.4. The maximum absolute atomic E-state index is 10.8. The van der Waals surface area contributed by atoms with Crippen molar-refractivity contribution in [3.05, 3.63) is 35.0 Å². The van der Waals surface area contributed by atoms with Gasteiger partial charge >= 0.3 is 11.9 Å². The standard InChI is InChI=1S/C8H6N2O.C4H6O6/c11-8-5-9-6-3-1-2-4-7(6)10-8;5-1(3(7)8)2(6)4(9)10/h1-4H,5H2;1-2,5-6H,(H,7,8)(H,9,10)/t;1-,2-/m.1/s1. The van der Waals surface area contributed by atoms with Gasteiger partial charge in [0.25, 0.3) is 5.91 Å². The van der Waals surface area contributed by atoms with E-state index in [4.69, 9.17) is 20.4 Å². The number of amides is 1. The van der Waals surface area contributed by atoms with Crippen molar-refractivity contribution in [3.8, 4) is 0 Å². The van der Waals surface area contributed by atoms with E-state index in [1.54, 1.807) is 6.07 Å². The fraction of sp³-hybridized carbons (Fsp3) is 0.250. The maximum atomic E-state index is 10.8. The Morgan fingerprint density at radius 3 is 1.95 bits per heavy atom. The van der Waals surface area contributed by atoms with Crippen LogP contribution in [0.15, 0.2) is 34.3 Å². The fourth-order valence-corrected chi connectivity index (χ4v) is 1.29. The van der Waals surface area contributed by atoms with Gasteiger partial charge in [-0.05, 0) is 12.1 Å². The van der Waals surface area contributed by atoms with Crippen molar-refractivity contribution in [2.45, 2.75) is 12.2 Å². The molecule has 9 nitrogen and oxygen atoms in total. The second-order valence-electron chi connectivity index (χ2n) is 3.88. The van der Waals surface area contributed by atoms with Crippen LogP contribution in [-0.2, 0) is 14.4 Å². The van der Waals surface area contributed by atoms with Crippen molar-refractivity contribution < 1.29 is 34.8 Å². The third-order valence-corrected chi connectivity index (χ3v) is 2.32. The third-order valence-electron chi connectivity index (χ3n) is 2.32. The second kappa shape index (κ2) is 7.22. The summed E-state index contributed by atoms with van der Waals surface area (Å²) >= 11 is 0. The smallest absolute Gasteiger partial charge is 0.335 e. The highest BCUT2D eigenvalue weighted by molar-refractivity contribution is 5.83. The molecule has 1 aromatic carbocycles. The molecule has 21 heavy (non-hydrogen) atoms. The van der Waals surface area contributed by atoms with E-state index in [0.29, 0.717) is 5.36 Å². The predicted molar refractivity (Wildman–Crippen MR) is 65.9 cm³/mol. The predicted octanol–water partition coefficient (Wildman–Crippen LogP) is -2.66. The Kier molecular flexibility index (Phi) is 5.64. The molecule has 0 bridgehead atoms.